The average Bonchev–Trinajstić information content (AvgIpc) is 2.81. The first kappa shape index (κ1) is 15.4. The van der Waals surface area contributed by atoms with E-state index in [-0.39, 0.29) is 11.5 Å². The van der Waals surface area contributed by atoms with Crippen LogP contribution in [0.4, 0.5) is 0 Å². The topological polar surface area (TPSA) is 52.0 Å². The van der Waals surface area contributed by atoms with Gasteiger partial charge in [-0.2, -0.15) is 0 Å². The highest BCUT2D eigenvalue weighted by molar-refractivity contribution is 7.90. The molecular weight excluding hydrogens is 320 g/mol. The van der Waals surface area contributed by atoms with Crippen LogP contribution >= 0.6 is 0 Å². The van der Waals surface area contributed by atoms with Gasteiger partial charge in [0.25, 0.3) is 0 Å². The molecule has 0 radical (unpaired) electrons. The highest BCUT2D eigenvalue weighted by Gasteiger charge is 2.26. The Kier molecular flexibility index (Phi) is 3.49. The number of benzene rings is 1. The van der Waals surface area contributed by atoms with Crippen LogP contribution < -0.4 is 0 Å². The van der Waals surface area contributed by atoms with Crippen LogP contribution in [0.3, 0.4) is 0 Å². The highest BCUT2D eigenvalue weighted by Crippen LogP contribution is 2.32. The van der Waals surface area contributed by atoms with Gasteiger partial charge in [0, 0.05) is 42.0 Å². The van der Waals surface area contributed by atoms with E-state index in [1.54, 1.807) is 0 Å². The fourth-order valence-corrected chi connectivity index (χ4v) is 5.00. The molecule has 0 N–H and O–H groups in total. The van der Waals surface area contributed by atoms with Crippen molar-refractivity contribution in [3.05, 3.63) is 64.6 Å². The Hall–Kier alpha value is -2.14. The minimum Gasteiger partial charge on any atom is -0.347 e. The normalized spacial score (nSPS) is 16.2. The van der Waals surface area contributed by atoms with Crippen molar-refractivity contribution in [2.45, 2.75) is 25.5 Å². The lowest BCUT2D eigenvalue weighted by molar-refractivity contribution is 0.590. The molecule has 0 fully saturated rings. The molecule has 1 aromatic carbocycles. The number of aromatic nitrogens is 2. The van der Waals surface area contributed by atoms with Gasteiger partial charge in [0.2, 0.25) is 0 Å². The molecule has 124 valence electrons. The Labute approximate surface area is 142 Å². The van der Waals surface area contributed by atoms with E-state index < -0.39 is 9.84 Å². The average molecular weight is 340 g/mol. The Bertz CT molecular complexity index is 1030. The monoisotopic (exact) mass is 340 g/mol. The molecule has 0 spiro atoms. The van der Waals surface area contributed by atoms with Crippen LogP contribution in [0.2, 0.25) is 0 Å². The van der Waals surface area contributed by atoms with Crippen molar-refractivity contribution >= 4 is 20.7 Å². The molecule has 24 heavy (non-hydrogen) atoms. The van der Waals surface area contributed by atoms with Crippen LogP contribution in [0.15, 0.2) is 36.5 Å². The summed E-state index contributed by atoms with van der Waals surface area (Å²) in [5.74, 6) is 0.418. The lowest BCUT2D eigenvalue weighted by Gasteiger charge is -2.14. The third kappa shape index (κ3) is 2.63. The number of rotatable bonds is 2. The van der Waals surface area contributed by atoms with Crippen molar-refractivity contribution < 1.29 is 8.42 Å². The number of hydrogen-bond acceptors (Lipinski definition) is 3. The Morgan fingerprint density at radius 3 is 2.71 bits per heavy atom. The first-order valence-corrected chi connectivity index (χ1v) is 9.96. The quantitative estimate of drug-likeness (QED) is 0.721. The van der Waals surface area contributed by atoms with E-state index in [0.717, 1.165) is 39.8 Å². The minimum absolute atomic E-state index is 0.162. The first-order chi connectivity index (χ1) is 11.4. The molecule has 0 saturated heterocycles. The first-order valence-electron chi connectivity index (χ1n) is 8.14. The van der Waals surface area contributed by atoms with Crippen LogP contribution in [-0.2, 0) is 35.5 Å². The van der Waals surface area contributed by atoms with Crippen molar-refractivity contribution in [3.63, 3.8) is 0 Å². The SMILES string of the molecule is Cc1ccc(Cc2ccc3c(c2)c2c(n3C)CCS(=O)(=O)C2)cn1. The van der Waals surface area contributed by atoms with Gasteiger partial charge in [-0.1, -0.05) is 12.1 Å². The van der Waals surface area contributed by atoms with E-state index >= 15 is 0 Å². The van der Waals surface area contributed by atoms with Gasteiger partial charge in [-0.05, 0) is 48.2 Å². The molecule has 1 aliphatic heterocycles. The Morgan fingerprint density at radius 1 is 1.17 bits per heavy atom. The van der Waals surface area contributed by atoms with E-state index in [4.69, 9.17) is 0 Å². The number of aryl methyl sites for hydroxylation is 2. The molecule has 0 saturated carbocycles. The summed E-state index contributed by atoms with van der Waals surface area (Å²) in [7, 11) is -0.944. The minimum atomic E-state index is -2.97. The zero-order valence-corrected chi connectivity index (χ0v) is 14.7. The van der Waals surface area contributed by atoms with Crippen LogP contribution in [0.5, 0.6) is 0 Å². The second kappa shape index (κ2) is 5.45. The summed E-state index contributed by atoms with van der Waals surface area (Å²) >= 11 is 0. The second-order valence-corrected chi connectivity index (χ2v) is 8.85. The summed E-state index contributed by atoms with van der Waals surface area (Å²) in [5.41, 5.74) is 6.62. The van der Waals surface area contributed by atoms with Gasteiger partial charge in [-0.3, -0.25) is 4.98 Å². The zero-order chi connectivity index (χ0) is 16.9. The third-order valence-corrected chi connectivity index (χ3v) is 6.45. The molecule has 0 amide bonds. The number of sulfone groups is 1. The van der Waals surface area contributed by atoms with Gasteiger partial charge in [0.05, 0.1) is 11.5 Å². The van der Waals surface area contributed by atoms with Crippen LogP contribution in [0, 0.1) is 6.92 Å². The summed E-state index contributed by atoms with van der Waals surface area (Å²) in [6, 6.07) is 10.5. The zero-order valence-electron chi connectivity index (χ0n) is 13.9. The molecule has 4 rings (SSSR count). The molecule has 4 nitrogen and oxygen atoms in total. The molecule has 0 bridgehead atoms. The second-order valence-electron chi connectivity index (χ2n) is 6.66. The molecular formula is C19H20N2O2S. The number of hydrogen-bond donors (Lipinski definition) is 0. The number of nitrogens with zero attached hydrogens (tertiary/aromatic N) is 2. The largest absolute Gasteiger partial charge is 0.347 e. The van der Waals surface area contributed by atoms with Crippen LogP contribution in [-0.4, -0.2) is 23.7 Å². The summed E-state index contributed by atoms with van der Waals surface area (Å²) < 4.78 is 26.3. The van der Waals surface area contributed by atoms with Gasteiger partial charge in [-0.25, -0.2) is 8.42 Å². The predicted molar refractivity (Wildman–Crippen MR) is 95.9 cm³/mol. The maximum absolute atomic E-state index is 12.1. The van der Waals surface area contributed by atoms with Crippen molar-refractivity contribution in [2.24, 2.45) is 7.05 Å². The molecule has 5 heteroatoms. The van der Waals surface area contributed by atoms with Gasteiger partial charge in [-0.15, -0.1) is 0 Å². The molecule has 0 aliphatic carbocycles. The number of fused-ring (bicyclic) bond motifs is 3. The number of pyridine rings is 1. The van der Waals surface area contributed by atoms with E-state index in [0.29, 0.717) is 6.42 Å². The molecule has 0 unspecified atom stereocenters. The van der Waals surface area contributed by atoms with Gasteiger partial charge in [0.15, 0.2) is 9.84 Å². The van der Waals surface area contributed by atoms with Crippen LogP contribution in [0.25, 0.3) is 10.9 Å². The molecule has 1 aliphatic rings. The fourth-order valence-electron chi connectivity index (χ4n) is 3.59. The third-order valence-electron chi connectivity index (χ3n) is 4.90. The standard InChI is InChI=1S/C19H20N2O2S/c1-13-3-4-15(11-20-13)9-14-5-6-18-16(10-14)17-12-24(22,23)8-7-19(17)21(18)2/h3-6,10-11H,7-9,12H2,1-2H3. The van der Waals surface area contributed by atoms with Gasteiger partial charge in [0.1, 0.15) is 0 Å². The molecule has 0 atom stereocenters. The van der Waals surface area contributed by atoms with Crippen molar-refractivity contribution in [1.82, 2.24) is 9.55 Å². The van der Waals surface area contributed by atoms with Crippen molar-refractivity contribution in [3.8, 4) is 0 Å². The summed E-state index contributed by atoms with van der Waals surface area (Å²) in [4.78, 5) is 4.35. The summed E-state index contributed by atoms with van der Waals surface area (Å²) in [5, 5.41) is 1.08. The molecule has 2 aromatic heterocycles. The van der Waals surface area contributed by atoms with Gasteiger partial charge < -0.3 is 4.57 Å². The van der Waals surface area contributed by atoms with E-state index in [2.05, 4.69) is 33.8 Å². The maximum Gasteiger partial charge on any atom is 0.154 e. The lowest BCUT2D eigenvalue weighted by Crippen LogP contribution is -2.19. The molecule has 3 heterocycles. The maximum atomic E-state index is 12.1. The van der Waals surface area contributed by atoms with Crippen molar-refractivity contribution in [2.75, 3.05) is 5.75 Å². The molecule has 3 aromatic rings. The summed E-state index contributed by atoms with van der Waals surface area (Å²) in [6.07, 6.45) is 3.32. The van der Waals surface area contributed by atoms with E-state index in [9.17, 15) is 8.42 Å². The van der Waals surface area contributed by atoms with Crippen molar-refractivity contribution in [1.29, 1.82) is 0 Å². The highest BCUT2D eigenvalue weighted by atomic mass is 32.2. The van der Waals surface area contributed by atoms with E-state index in [1.165, 1.54) is 5.56 Å². The lowest BCUT2D eigenvalue weighted by atomic mass is 10.0. The Morgan fingerprint density at radius 2 is 1.96 bits per heavy atom. The Balaban J connectivity index is 1.79. The van der Waals surface area contributed by atoms with Gasteiger partial charge >= 0.3 is 0 Å². The van der Waals surface area contributed by atoms with Crippen LogP contribution in [0.1, 0.15) is 28.1 Å². The van der Waals surface area contributed by atoms with E-state index in [1.807, 2.05) is 26.2 Å². The summed E-state index contributed by atoms with van der Waals surface area (Å²) in [6.45, 7) is 1.98. The smallest absolute Gasteiger partial charge is 0.154 e. The fraction of sp³-hybridized carbons (Fsp3) is 0.316. The predicted octanol–water partition coefficient (Wildman–Crippen LogP) is 2.94.